The van der Waals surface area contributed by atoms with Crippen LogP contribution in [0.2, 0.25) is 0 Å². The zero-order chi connectivity index (χ0) is 25.3. The number of ether oxygens (including phenoxy) is 1. The van der Waals surface area contributed by atoms with Crippen molar-refractivity contribution < 1.29 is 21.9 Å². The summed E-state index contributed by atoms with van der Waals surface area (Å²) >= 11 is 0. The van der Waals surface area contributed by atoms with Gasteiger partial charge in [0.1, 0.15) is 28.7 Å². The maximum absolute atomic E-state index is 14.2. The van der Waals surface area contributed by atoms with E-state index in [2.05, 4.69) is 24.6 Å². The fraction of sp³-hybridized carbons (Fsp3) is 0.240. The van der Waals surface area contributed by atoms with Gasteiger partial charge < -0.3 is 9.64 Å². The second-order valence-electron chi connectivity index (χ2n) is 8.28. The Morgan fingerprint density at radius 1 is 1.00 bits per heavy atom. The number of benzene rings is 2. The number of nitrogens with zero attached hydrogens (tertiary/aromatic N) is 4. The Hall–Kier alpha value is -3.70. The number of anilines is 2. The molecule has 3 heterocycles. The topological polar surface area (TPSA) is 97.3 Å². The first kappa shape index (κ1) is 24.0. The van der Waals surface area contributed by atoms with Crippen molar-refractivity contribution in [3.63, 3.8) is 0 Å². The minimum absolute atomic E-state index is 0.219. The number of halogens is 2. The standard InChI is InChI=1S/C25H23F2N5O3S/c1-2-21-23(31-36(33,34)24-6-4-18(26)13-20(24)27)12-17(14-28-21)16-3-5-22-19(11-16)25(30-15-29-22)32-7-9-35-10-8-32/h3-6,11-15,31H,2,7-10H2,1H3. The number of fused-ring (bicyclic) bond motifs is 1. The molecule has 0 atom stereocenters. The number of rotatable bonds is 6. The molecule has 5 rings (SSSR count). The average Bonchev–Trinajstić information content (AvgIpc) is 2.88. The van der Waals surface area contributed by atoms with Gasteiger partial charge in [0.15, 0.2) is 0 Å². The van der Waals surface area contributed by atoms with Gasteiger partial charge in [0, 0.05) is 36.3 Å². The number of hydrogen-bond acceptors (Lipinski definition) is 7. The van der Waals surface area contributed by atoms with E-state index in [0.29, 0.717) is 37.0 Å². The van der Waals surface area contributed by atoms with Crippen molar-refractivity contribution in [1.29, 1.82) is 0 Å². The Balaban J connectivity index is 1.54. The van der Waals surface area contributed by atoms with Crippen molar-refractivity contribution in [3.05, 3.63) is 72.3 Å². The summed E-state index contributed by atoms with van der Waals surface area (Å²) in [6, 6.07) is 9.68. The lowest BCUT2D eigenvalue weighted by atomic mass is 10.0. The Labute approximate surface area is 207 Å². The molecule has 186 valence electrons. The molecule has 1 aliphatic heterocycles. The van der Waals surface area contributed by atoms with Crippen LogP contribution in [-0.2, 0) is 21.2 Å². The van der Waals surface area contributed by atoms with Crippen molar-refractivity contribution in [2.75, 3.05) is 35.9 Å². The first-order chi connectivity index (χ1) is 17.4. The molecule has 1 fully saturated rings. The predicted molar refractivity (Wildman–Crippen MR) is 132 cm³/mol. The third-order valence-electron chi connectivity index (χ3n) is 5.99. The van der Waals surface area contributed by atoms with Crippen LogP contribution in [-0.4, -0.2) is 49.7 Å². The van der Waals surface area contributed by atoms with E-state index in [0.717, 1.165) is 47.5 Å². The van der Waals surface area contributed by atoms with Crippen molar-refractivity contribution in [1.82, 2.24) is 15.0 Å². The van der Waals surface area contributed by atoms with Crippen LogP contribution in [0.3, 0.4) is 0 Å². The highest BCUT2D eigenvalue weighted by Crippen LogP contribution is 2.31. The summed E-state index contributed by atoms with van der Waals surface area (Å²) in [5.74, 6) is -1.23. The quantitative estimate of drug-likeness (QED) is 0.415. The van der Waals surface area contributed by atoms with Crippen molar-refractivity contribution >= 4 is 32.4 Å². The maximum Gasteiger partial charge on any atom is 0.264 e. The van der Waals surface area contributed by atoms with E-state index in [1.54, 1.807) is 12.3 Å². The van der Waals surface area contributed by atoms with E-state index in [9.17, 15) is 17.2 Å². The van der Waals surface area contributed by atoms with Gasteiger partial charge in [0.25, 0.3) is 10.0 Å². The lowest BCUT2D eigenvalue weighted by Crippen LogP contribution is -2.36. The molecule has 1 N–H and O–H groups in total. The Bertz CT molecular complexity index is 1540. The molecule has 1 aliphatic rings. The number of morpholine rings is 1. The summed E-state index contributed by atoms with van der Waals surface area (Å²) < 4.78 is 61.2. The smallest absolute Gasteiger partial charge is 0.264 e. The summed E-state index contributed by atoms with van der Waals surface area (Å²) in [5.41, 5.74) is 2.93. The Kier molecular flexibility index (Phi) is 6.50. The van der Waals surface area contributed by atoms with Crippen LogP contribution in [0.5, 0.6) is 0 Å². The molecule has 11 heteroatoms. The summed E-state index contributed by atoms with van der Waals surface area (Å²) in [7, 11) is -4.32. The second-order valence-corrected chi connectivity index (χ2v) is 9.93. The number of pyridine rings is 1. The molecule has 0 unspecified atom stereocenters. The van der Waals surface area contributed by atoms with Crippen molar-refractivity contribution in [3.8, 4) is 11.1 Å². The Morgan fingerprint density at radius 3 is 2.56 bits per heavy atom. The zero-order valence-electron chi connectivity index (χ0n) is 19.4. The van der Waals surface area contributed by atoms with E-state index < -0.39 is 26.6 Å². The van der Waals surface area contributed by atoms with Gasteiger partial charge in [-0.1, -0.05) is 13.0 Å². The molecule has 36 heavy (non-hydrogen) atoms. The fourth-order valence-corrected chi connectivity index (χ4v) is 5.30. The molecule has 2 aromatic heterocycles. The van der Waals surface area contributed by atoms with Gasteiger partial charge in [-0.15, -0.1) is 0 Å². The van der Waals surface area contributed by atoms with E-state index in [4.69, 9.17) is 4.74 Å². The average molecular weight is 512 g/mol. The van der Waals surface area contributed by atoms with E-state index in [1.165, 1.54) is 6.33 Å². The van der Waals surface area contributed by atoms with Crippen LogP contribution >= 0.6 is 0 Å². The zero-order valence-corrected chi connectivity index (χ0v) is 20.2. The highest BCUT2D eigenvalue weighted by atomic mass is 32.2. The number of sulfonamides is 1. The number of aryl methyl sites for hydroxylation is 1. The number of aromatic nitrogens is 3. The summed E-state index contributed by atoms with van der Waals surface area (Å²) in [6.07, 6.45) is 3.64. The molecule has 8 nitrogen and oxygen atoms in total. The Morgan fingerprint density at radius 2 is 1.81 bits per heavy atom. The van der Waals surface area contributed by atoms with Crippen molar-refractivity contribution in [2.45, 2.75) is 18.2 Å². The fourth-order valence-electron chi connectivity index (χ4n) is 4.16. The first-order valence-corrected chi connectivity index (χ1v) is 12.9. The first-order valence-electron chi connectivity index (χ1n) is 11.4. The van der Waals surface area contributed by atoms with Gasteiger partial charge in [-0.3, -0.25) is 9.71 Å². The minimum atomic E-state index is -4.32. The van der Waals surface area contributed by atoms with Crippen LogP contribution in [0.4, 0.5) is 20.3 Å². The molecule has 0 spiro atoms. The highest BCUT2D eigenvalue weighted by molar-refractivity contribution is 7.92. The van der Waals surface area contributed by atoms with Crippen molar-refractivity contribution in [2.24, 2.45) is 0 Å². The lowest BCUT2D eigenvalue weighted by Gasteiger charge is -2.28. The monoisotopic (exact) mass is 511 g/mol. The van der Waals surface area contributed by atoms with Gasteiger partial charge in [0.2, 0.25) is 0 Å². The summed E-state index contributed by atoms with van der Waals surface area (Å²) in [5, 5.41) is 0.854. The minimum Gasteiger partial charge on any atom is -0.378 e. The van der Waals surface area contributed by atoms with Crippen LogP contribution in [0.25, 0.3) is 22.0 Å². The van der Waals surface area contributed by atoms with Gasteiger partial charge in [0.05, 0.1) is 30.1 Å². The third kappa shape index (κ3) is 4.71. The third-order valence-corrected chi connectivity index (χ3v) is 7.39. The molecule has 0 bridgehead atoms. The summed E-state index contributed by atoms with van der Waals surface area (Å²) in [6.45, 7) is 4.50. The molecule has 0 saturated carbocycles. The second kappa shape index (κ2) is 9.75. The maximum atomic E-state index is 14.2. The molecule has 0 aliphatic carbocycles. The van der Waals surface area contributed by atoms with E-state index in [1.807, 2.05) is 25.1 Å². The van der Waals surface area contributed by atoms with Crippen LogP contribution < -0.4 is 9.62 Å². The predicted octanol–water partition coefficient (Wildman–Crippen LogP) is 4.17. The molecule has 0 amide bonds. The van der Waals surface area contributed by atoms with E-state index >= 15 is 0 Å². The molecule has 1 saturated heterocycles. The summed E-state index contributed by atoms with van der Waals surface area (Å²) in [4.78, 5) is 14.8. The van der Waals surface area contributed by atoms with Crippen LogP contribution in [0, 0.1) is 11.6 Å². The van der Waals surface area contributed by atoms with Crippen LogP contribution in [0.15, 0.2) is 59.9 Å². The van der Waals surface area contributed by atoms with Gasteiger partial charge in [-0.2, -0.15) is 0 Å². The van der Waals surface area contributed by atoms with Gasteiger partial charge in [-0.25, -0.2) is 27.2 Å². The van der Waals surface area contributed by atoms with Gasteiger partial charge in [-0.05, 0) is 42.3 Å². The largest absolute Gasteiger partial charge is 0.378 e. The van der Waals surface area contributed by atoms with Crippen LogP contribution in [0.1, 0.15) is 12.6 Å². The molecule has 2 aromatic carbocycles. The van der Waals surface area contributed by atoms with E-state index in [-0.39, 0.29) is 5.69 Å². The van der Waals surface area contributed by atoms with Gasteiger partial charge >= 0.3 is 0 Å². The highest BCUT2D eigenvalue weighted by Gasteiger charge is 2.22. The molecule has 0 radical (unpaired) electrons. The normalized spacial score (nSPS) is 14.2. The lowest BCUT2D eigenvalue weighted by molar-refractivity contribution is 0.122. The SMILES string of the molecule is CCc1ncc(-c2ccc3ncnc(N4CCOCC4)c3c2)cc1NS(=O)(=O)c1ccc(F)cc1F. The molecular formula is C25H23F2N5O3S. The number of hydrogen-bond donors (Lipinski definition) is 1. The molecular weight excluding hydrogens is 488 g/mol. The molecule has 4 aromatic rings. The number of nitrogens with one attached hydrogen (secondary N) is 1.